The Hall–Kier alpha value is -1.62. The van der Waals surface area contributed by atoms with E-state index < -0.39 is 0 Å². The number of rotatable bonds is 5. The van der Waals surface area contributed by atoms with E-state index in [0.717, 1.165) is 0 Å². The Morgan fingerprint density at radius 2 is 2.18 bits per heavy atom. The predicted molar refractivity (Wildman–Crippen MR) is 68.5 cm³/mol. The smallest absolute Gasteiger partial charge is 0.148 e. The summed E-state index contributed by atoms with van der Waals surface area (Å²) in [5.41, 5.74) is 5.74. The van der Waals surface area contributed by atoms with Gasteiger partial charge in [-0.2, -0.15) is 0 Å². The van der Waals surface area contributed by atoms with Gasteiger partial charge in [-0.05, 0) is 40.1 Å². The fourth-order valence-electron chi connectivity index (χ4n) is 1.09. The summed E-state index contributed by atoms with van der Waals surface area (Å²) < 4.78 is 5.70. The number of likely N-dealkylation sites (N-methyl/N-ethyl adjacent to an activating group) is 1. The third kappa shape index (κ3) is 3.42. The van der Waals surface area contributed by atoms with Crippen molar-refractivity contribution in [3.8, 4) is 5.75 Å². The molecule has 3 N–H and O–H groups in total. The highest BCUT2D eigenvalue weighted by atomic mass is 16.5. The molecule has 0 spiro atoms. The van der Waals surface area contributed by atoms with E-state index in [4.69, 9.17) is 15.9 Å². The van der Waals surface area contributed by atoms with Gasteiger partial charge in [-0.3, -0.25) is 5.41 Å². The molecule has 0 amide bonds. The van der Waals surface area contributed by atoms with Crippen LogP contribution in [0.15, 0.2) is 18.3 Å². The third-order valence-electron chi connectivity index (χ3n) is 2.82. The summed E-state index contributed by atoms with van der Waals surface area (Å²) >= 11 is 0. The molecule has 1 heterocycles. The molecule has 0 fully saturated rings. The first-order valence-electron chi connectivity index (χ1n) is 5.44. The molecule has 0 saturated carbocycles. The molecule has 0 radical (unpaired) electrons. The number of hydrogen-bond donors (Lipinski definition) is 2. The lowest BCUT2D eigenvalue weighted by atomic mass is 10.1. The maximum absolute atomic E-state index is 7.42. The standard InChI is InChI=1S/C12H20N4O/c1-12(2,16(3)4)8-17-9-6-5-7-15-10(9)11(13)14/h5-7H,8H2,1-4H3,(H3,13,14). The van der Waals surface area contributed by atoms with Crippen LogP contribution in [0.2, 0.25) is 0 Å². The predicted octanol–water partition coefficient (Wildman–Crippen LogP) is 1.08. The van der Waals surface area contributed by atoms with Crippen LogP contribution in [0.3, 0.4) is 0 Å². The van der Waals surface area contributed by atoms with E-state index in [-0.39, 0.29) is 11.4 Å². The van der Waals surface area contributed by atoms with Crippen LogP contribution in [0.5, 0.6) is 5.75 Å². The van der Waals surface area contributed by atoms with E-state index in [1.165, 1.54) is 0 Å². The van der Waals surface area contributed by atoms with Gasteiger partial charge in [0.1, 0.15) is 23.9 Å². The molecule has 1 aromatic rings. The first-order chi connectivity index (χ1) is 7.84. The molecule has 0 bridgehead atoms. The summed E-state index contributed by atoms with van der Waals surface area (Å²) in [6.07, 6.45) is 1.60. The number of nitrogens with zero attached hydrogens (tertiary/aromatic N) is 2. The van der Waals surface area contributed by atoms with Gasteiger partial charge in [0, 0.05) is 11.7 Å². The summed E-state index contributed by atoms with van der Waals surface area (Å²) in [5, 5.41) is 7.42. The maximum Gasteiger partial charge on any atom is 0.148 e. The number of nitrogen functional groups attached to an aromatic ring is 1. The average molecular weight is 236 g/mol. The lowest BCUT2D eigenvalue weighted by Crippen LogP contribution is -2.43. The largest absolute Gasteiger partial charge is 0.489 e. The van der Waals surface area contributed by atoms with E-state index in [1.54, 1.807) is 18.3 Å². The van der Waals surface area contributed by atoms with Crippen LogP contribution in [0.25, 0.3) is 0 Å². The van der Waals surface area contributed by atoms with Crippen LogP contribution in [0.4, 0.5) is 0 Å². The van der Waals surface area contributed by atoms with Crippen molar-refractivity contribution >= 4 is 5.84 Å². The number of hydrogen-bond acceptors (Lipinski definition) is 4. The van der Waals surface area contributed by atoms with Gasteiger partial charge in [0.15, 0.2) is 0 Å². The van der Waals surface area contributed by atoms with Crippen molar-refractivity contribution < 1.29 is 4.74 Å². The van der Waals surface area contributed by atoms with Crippen LogP contribution in [-0.4, -0.2) is 42.0 Å². The summed E-state index contributed by atoms with van der Waals surface area (Å²) in [5.74, 6) is 0.471. The van der Waals surface area contributed by atoms with Crippen LogP contribution in [0.1, 0.15) is 19.5 Å². The minimum atomic E-state index is -0.0934. The number of ether oxygens (including phenoxy) is 1. The Morgan fingerprint density at radius 3 is 2.71 bits per heavy atom. The highest BCUT2D eigenvalue weighted by Crippen LogP contribution is 2.18. The number of nitrogens with one attached hydrogen (secondary N) is 1. The van der Waals surface area contributed by atoms with E-state index >= 15 is 0 Å². The SMILES string of the molecule is CN(C)C(C)(C)COc1cccnc1C(=N)N. The van der Waals surface area contributed by atoms with E-state index in [1.807, 2.05) is 14.1 Å². The molecular weight excluding hydrogens is 216 g/mol. The van der Waals surface area contributed by atoms with Crippen molar-refractivity contribution in [3.63, 3.8) is 0 Å². The first kappa shape index (κ1) is 13.4. The third-order valence-corrected chi connectivity index (χ3v) is 2.82. The fourth-order valence-corrected chi connectivity index (χ4v) is 1.09. The highest BCUT2D eigenvalue weighted by molar-refractivity contribution is 5.95. The Labute approximate surface area is 102 Å². The van der Waals surface area contributed by atoms with Crippen molar-refractivity contribution in [3.05, 3.63) is 24.0 Å². The summed E-state index contributed by atoms with van der Waals surface area (Å²) in [7, 11) is 4.00. The molecule has 0 saturated heterocycles. The molecule has 0 aliphatic heterocycles. The Bertz CT molecular complexity index is 401. The average Bonchev–Trinajstić information content (AvgIpc) is 2.26. The molecule has 1 rings (SSSR count). The molecule has 5 heteroatoms. The summed E-state index contributed by atoms with van der Waals surface area (Å²) in [6.45, 7) is 4.67. The van der Waals surface area contributed by atoms with Crippen molar-refractivity contribution in [1.82, 2.24) is 9.88 Å². The Morgan fingerprint density at radius 1 is 1.53 bits per heavy atom. The van der Waals surface area contributed by atoms with Crippen LogP contribution < -0.4 is 10.5 Å². The van der Waals surface area contributed by atoms with Crippen molar-refractivity contribution in [2.75, 3.05) is 20.7 Å². The van der Waals surface area contributed by atoms with Gasteiger partial charge in [0.05, 0.1) is 0 Å². The molecule has 0 aromatic carbocycles. The van der Waals surface area contributed by atoms with Gasteiger partial charge in [-0.15, -0.1) is 0 Å². The van der Waals surface area contributed by atoms with Crippen molar-refractivity contribution in [2.45, 2.75) is 19.4 Å². The van der Waals surface area contributed by atoms with Gasteiger partial charge in [0.2, 0.25) is 0 Å². The number of aromatic nitrogens is 1. The highest BCUT2D eigenvalue weighted by Gasteiger charge is 2.22. The minimum absolute atomic E-state index is 0.0803. The zero-order valence-electron chi connectivity index (χ0n) is 10.8. The normalized spacial score (nSPS) is 11.6. The van der Waals surface area contributed by atoms with Crippen LogP contribution >= 0.6 is 0 Å². The van der Waals surface area contributed by atoms with Crippen LogP contribution in [0, 0.1) is 5.41 Å². The molecule has 5 nitrogen and oxygen atoms in total. The second-order valence-corrected chi connectivity index (χ2v) is 4.76. The molecule has 94 valence electrons. The Kier molecular flexibility index (Phi) is 4.07. The fraction of sp³-hybridized carbons (Fsp3) is 0.500. The zero-order chi connectivity index (χ0) is 13.1. The molecule has 0 unspecified atom stereocenters. The maximum atomic E-state index is 7.42. The van der Waals surface area contributed by atoms with Crippen molar-refractivity contribution in [2.24, 2.45) is 5.73 Å². The molecule has 0 atom stereocenters. The van der Waals surface area contributed by atoms with E-state index in [9.17, 15) is 0 Å². The monoisotopic (exact) mass is 236 g/mol. The minimum Gasteiger partial charge on any atom is -0.489 e. The van der Waals surface area contributed by atoms with Crippen LogP contribution in [-0.2, 0) is 0 Å². The van der Waals surface area contributed by atoms with Crippen molar-refractivity contribution in [1.29, 1.82) is 5.41 Å². The number of nitrogens with two attached hydrogens (primary N) is 1. The molecule has 1 aromatic heterocycles. The molecule has 0 aliphatic rings. The lowest BCUT2D eigenvalue weighted by molar-refractivity contribution is 0.113. The topological polar surface area (TPSA) is 75.2 Å². The number of amidine groups is 1. The summed E-state index contributed by atoms with van der Waals surface area (Å²) in [6, 6.07) is 3.54. The number of pyridine rings is 1. The van der Waals surface area contributed by atoms with E-state index in [2.05, 4.69) is 23.7 Å². The van der Waals surface area contributed by atoms with Gasteiger partial charge in [0.25, 0.3) is 0 Å². The van der Waals surface area contributed by atoms with Gasteiger partial charge < -0.3 is 15.4 Å². The molecular formula is C12H20N4O. The first-order valence-corrected chi connectivity index (χ1v) is 5.44. The lowest BCUT2D eigenvalue weighted by Gasteiger charge is -2.32. The summed E-state index contributed by atoms with van der Waals surface area (Å²) in [4.78, 5) is 6.12. The van der Waals surface area contributed by atoms with Gasteiger partial charge in [-0.1, -0.05) is 0 Å². The van der Waals surface area contributed by atoms with Gasteiger partial charge in [-0.25, -0.2) is 4.98 Å². The molecule has 17 heavy (non-hydrogen) atoms. The van der Waals surface area contributed by atoms with Gasteiger partial charge >= 0.3 is 0 Å². The van der Waals surface area contributed by atoms with E-state index in [0.29, 0.717) is 18.1 Å². The zero-order valence-corrected chi connectivity index (χ0v) is 10.8. The second kappa shape index (κ2) is 5.14. The second-order valence-electron chi connectivity index (χ2n) is 4.76. The quantitative estimate of drug-likeness (QED) is 0.592. The Balaban J connectivity index is 2.79. The molecule has 0 aliphatic carbocycles.